The van der Waals surface area contributed by atoms with Crippen LogP contribution in [0.25, 0.3) is 0 Å². The van der Waals surface area contributed by atoms with E-state index in [0.29, 0.717) is 0 Å². The molecule has 1 heterocycles. The van der Waals surface area contributed by atoms with Crippen LogP contribution in [0.4, 0.5) is 0 Å². The van der Waals surface area contributed by atoms with Gasteiger partial charge >= 0.3 is 0 Å². The highest BCUT2D eigenvalue weighted by atomic mass is 32.2. The third kappa shape index (κ3) is 2.65. The first kappa shape index (κ1) is 15.7. The Morgan fingerprint density at radius 1 is 1.17 bits per heavy atom. The predicted octanol–water partition coefficient (Wildman–Crippen LogP) is 3.71. The lowest BCUT2D eigenvalue weighted by Gasteiger charge is -2.30. The van der Waals surface area contributed by atoms with Crippen molar-refractivity contribution in [1.82, 2.24) is 9.97 Å². The molecule has 1 N–H and O–H groups in total. The highest BCUT2D eigenvalue weighted by Gasteiger charge is 2.32. The van der Waals surface area contributed by atoms with Crippen LogP contribution in [0.15, 0.2) is 64.3 Å². The van der Waals surface area contributed by atoms with E-state index >= 15 is 0 Å². The Bertz CT molecular complexity index is 889. The molecule has 2 aromatic rings. The summed E-state index contributed by atoms with van der Waals surface area (Å²) in [6.07, 6.45) is 8.62. The first-order chi connectivity index (χ1) is 10.8. The Morgan fingerprint density at radius 3 is 2.52 bits per heavy atom. The van der Waals surface area contributed by atoms with E-state index in [9.17, 15) is 8.42 Å². The molecule has 1 unspecified atom stereocenters. The molecule has 0 aliphatic heterocycles. The van der Waals surface area contributed by atoms with Crippen LogP contribution in [0.1, 0.15) is 31.5 Å². The average Bonchev–Trinajstić information content (AvgIpc) is 3.02. The summed E-state index contributed by atoms with van der Waals surface area (Å²) in [5.41, 5.74) is 2.78. The molecule has 0 bridgehead atoms. The molecule has 1 aromatic heterocycles. The van der Waals surface area contributed by atoms with Crippen LogP contribution in [0.5, 0.6) is 0 Å². The van der Waals surface area contributed by atoms with E-state index in [-0.39, 0.29) is 15.5 Å². The zero-order chi connectivity index (χ0) is 16.7. The van der Waals surface area contributed by atoms with Gasteiger partial charge in [0.25, 0.3) is 0 Å². The second-order valence-electron chi connectivity index (χ2n) is 6.23. The summed E-state index contributed by atoms with van der Waals surface area (Å²) in [5, 5.41) is -0.0000638. The fourth-order valence-electron chi connectivity index (χ4n) is 2.73. The van der Waals surface area contributed by atoms with Gasteiger partial charge in [0.2, 0.25) is 15.0 Å². The number of benzene rings is 1. The van der Waals surface area contributed by atoms with Crippen LogP contribution in [0, 0.1) is 6.92 Å². The predicted molar refractivity (Wildman–Crippen MR) is 90.1 cm³/mol. The van der Waals surface area contributed by atoms with E-state index in [0.717, 1.165) is 17.7 Å². The second-order valence-corrected chi connectivity index (χ2v) is 8.10. The van der Waals surface area contributed by atoms with Crippen molar-refractivity contribution in [3.63, 3.8) is 0 Å². The minimum Gasteiger partial charge on any atom is -0.332 e. The number of hydrogen-bond donors (Lipinski definition) is 1. The molecule has 3 rings (SSSR count). The Kier molecular flexibility index (Phi) is 3.76. The summed E-state index contributed by atoms with van der Waals surface area (Å²) in [6, 6.07) is 6.81. The van der Waals surface area contributed by atoms with Crippen LogP contribution in [-0.2, 0) is 15.3 Å². The van der Waals surface area contributed by atoms with E-state index < -0.39 is 9.84 Å². The lowest BCUT2D eigenvalue weighted by molar-refractivity contribution is 0.540. The Hall–Kier alpha value is -2.14. The van der Waals surface area contributed by atoms with Gasteiger partial charge in [-0.25, -0.2) is 13.4 Å². The van der Waals surface area contributed by atoms with Crippen molar-refractivity contribution in [2.45, 2.75) is 42.7 Å². The van der Waals surface area contributed by atoms with E-state index in [1.54, 1.807) is 30.5 Å². The third-order valence-electron chi connectivity index (χ3n) is 4.61. The molecule has 5 heteroatoms. The van der Waals surface area contributed by atoms with Gasteiger partial charge in [-0.2, -0.15) is 0 Å². The summed E-state index contributed by atoms with van der Waals surface area (Å²) in [4.78, 5) is 7.43. The largest absolute Gasteiger partial charge is 0.332 e. The van der Waals surface area contributed by atoms with Gasteiger partial charge in [0, 0.05) is 11.1 Å². The van der Waals surface area contributed by atoms with E-state index in [4.69, 9.17) is 0 Å². The quantitative estimate of drug-likeness (QED) is 0.934. The fraction of sp³-hybridized carbons (Fsp3) is 0.278. The van der Waals surface area contributed by atoms with Gasteiger partial charge in [-0.3, -0.25) is 0 Å². The number of nitrogens with zero attached hydrogens (tertiary/aromatic N) is 1. The number of aromatic amines is 1. The molecule has 1 aromatic carbocycles. The van der Waals surface area contributed by atoms with Gasteiger partial charge in [-0.05, 0) is 39.3 Å². The van der Waals surface area contributed by atoms with Crippen molar-refractivity contribution in [3.05, 3.63) is 65.5 Å². The molecule has 120 valence electrons. The van der Waals surface area contributed by atoms with Crippen molar-refractivity contribution in [2.75, 3.05) is 0 Å². The van der Waals surface area contributed by atoms with E-state index in [1.165, 1.54) is 5.57 Å². The summed E-state index contributed by atoms with van der Waals surface area (Å²) in [7, 11) is -3.62. The Balaban J connectivity index is 2.00. The lowest BCUT2D eigenvalue weighted by Crippen LogP contribution is -2.25. The molecule has 0 saturated heterocycles. The van der Waals surface area contributed by atoms with Gasteiger partial charge in [0.15, 0.2) is 0 Å². The van der Waals surface area contributed by atoms with Crippen LogP contribution in [-0.4, -0.2) is 18.4 Å². The molecule has 1 atom stereocenters. The van der Waals surface area contributed by atoms with Crippen molar-refractivity contribution >= 4 is 9.84 Å². The van der Waals surface area contributed by atoms with Gasteiger partial charge in [-0.1, -0.05) is 41.5 Å². The van der Waals surface area contributed by atoms with Crippen LogP contribution in [0.2, 0.25) is 0 Å². The molecule has 0 saturated carbocycles. The highest BCUT2D eigenvalue weighted by Crippen LogP contribution is 2.37. The maximum Gasteiger partial charge on any atom is 0.239 e. The van der Waals surface area contributed by atoms with Crippen molar-refractivity contribution in [1.29, 1.82) is 0 Å². The minimum atomic E-state index is -3.62. The van der Waals surface area contributed by atoms with Crippen LogP contribution in [0.3, 0.4) is 0 Å². The summed E-state index contributed by atoms with van der Waals surface area (Å²) in [5.74, 6) is 0. The van der Waals surface area contributed by atoms with Crippen molar-refractivity contribution < 1.29 is 8.42 Å². The molecule has 4 nitrogen and oxygen atoms in total. The van der Waals surface area contributed by atoms with Gasteiger partial charge < -0.3 is 4.98 Å². The van der Waals surface area contributed by atoms with Crippen molar-refractivity contribution in [2.24, 2.45) is 0 Å². The summed E-state index contributed by atoms with van der Waals surface area (Å²) >= 11 is 0. The van der Waals surface area contributed by atoms with Gasteiger partial charge in [0.1, 0.15) is 0 Å². The number of allylic oxidation sites excluding steroid dienone is 4. The molecular weight excluding hydrogens is 308 g/mol. The number of hydrogen-bond acceptors (Lipinski definition) is 3. The van der Waals surface area contributed by atoms with Gasteiger partial charge in [-0.15, -0.1) is 0 Å². The number of rotatable bonds is 3. The third-order valence-corrected chi connectivity index (χ3v) is 6.22. The first-order valence-corrected chi connectivity index (χ1v) is 9.03. The van der Waals surface area contributed by atoms with Crippen LogP contribution >= 0.6 is 0 Å². The number of aromatic nitrogens is 2. The smallest absolute Gasteiger partial charge is 0.239 e. The standard InChI is InChI=1S/C18H20N2O2S/c1-13-7-9-15(10-8-13)23(21,22)17-19-12-16(20-17)18(3)11-5-4-6-14(18)2/h4-10,12H,11H2,1-3H3,(H,19,20). The number of imidazole rings is 1. The van der Waals surface area contributed by atoms with E-state index in [2.05, 4.69) is 36.0 Å². The van der Waals surface area contributed by atoms with E-state index in [1.807, 2.05) is 13.0 Å². The van der Waals surface area contributed by atoms with Crippen LogP contribution < -0.4 is 0 Å². The number of H-pyrrole nitrogens is 1. The molecule has 0 spiro atoms. The zero-order valence-electron chi connectivity index (χ0n) is 13.5. The Labute approximate surface area is 136 Å². The molecule has 0 radical (unpaired) electrons. The maximum atomic E-state index is 12.7. The molecule has 1 aliphatic carbocycles. The number of sulfone groups is 1. The Morgan fingerprint density at radius 2 is 1.87 bits per heavy atom. The summed E-state index contributed by atoms with van der Waals surface area (Å²) < 4.78 is 25.4. The molecule has 0 fully saturated rings. The lowest BCUT2D eigenvalue weighted by atomic mass is 9.75. The average molecular weight is 328 g/mol. The normalized spacial score (nSPS) is 21.3. The maximum absolute atomic E-state index is 12.7. The molecule has 23 heavy (non-hydrogen) atoms. The topological polar surface area (TPSA) is 62.8 Å². The SMILES string of the molecule is CC1=CC=CCC1(C)c1cnc(S(=O)(=O)c2ccc(C)cc2)[nH]1. The number of nitrogens with one attached hydrogen (secondary N) is 1. The molecule has 0 amide bonds. The first-order valence-electron chi connectivity index (χ1n) is 7.55. The monoisotopic (exact) mass is 328 g/mol. The fourth-order valence-corrected chi connectivity index (χ4v) is 3.89. The molecule has 1 aliphatic rings. The highest BCUT2D eigenvalue weighted by molar-refractivity contribution is 7.91. The number of aryl methyl sites for hydroxylation is 1. The molecular formula is C18H20N2O2S. The van der Waals surface area contributed by atoms with Crippen molar-refractivity contribution in [3.8, 4) is 0 Å². The zero-order valence-corrected chi connectivity index (χ0v) is 14.3. The van der Waals surface area contributed by atoms with Gasteiger partial charge in [0.05, 0.1) is 11.1 Å². The second kappa shape index (κ2) is 5.49. The summed E-state index contributed by atoms with van der Waals surface area (Å²) in [6.45, 7) is 6.07. The minimum absolute atomic E-state index is 0.0000638.